The lowest BCUT2D eigenvalue weighted by atomic mass is 10.0. The van der Waals surface area contributed by atoms with Crippen LogP contribution in [0, 0.1) is 5.92 Å². The van der Waals surface area contributed by atoms with Crippen molar-refractivity contribution < 1.29 is 28.6 Å². The van der Waals surface area contributed by atoms with Gasteiger partial charge in [-0.2, -0.15) is 0 Å². The van der Waals surface area contributed by atoms with Crippen LogP contribution in [0.4, 0.5) is 0 Å². The smallest absolute Gasteiger partial charge is 0.342 e. The predicted octanol–water partition coefficient (Wildman–Crippen LogP) is 1.56. The fourth-order valence-electron chi connectivity index (χ4n) is 2.09. The second-order valence-electron chi connectivity index (χ2n) is 5.55. The van der Waals surface area contributed by atoms with Gasteiger partial charge in [0, 0.05) is 0 Å². The van der Waals surface area contributed by atoms with Gasteiger partial charge in [0.05, 0.1) is 14.2 Å². The van der Waals surface area contributed by atoms with Crippen LogP contribution in [-0.4, -0.2) is 44.7 Å². The number of hydrogen-bond acceptors (Lipinski definition) is 6. The Morgan fingerprint density at radius 1 is 1.12 bits per heavy atom. The topological polar surface area (TPSA) is 90.9 Å². The Morgan fingerprint density at radius 2 is 1.79 bits per heavy atom. The van der Waals surface area contributed by atoms with Gasteiger partial charge in [-0.05, 0) is 24.5 Å². The summed E-state index contributed by atoms with van der Waals surface area (Å²) in [6, 6.07) is 5.76. The highest BCUT2D eigenvalue weighted by atomic mass is 16.5. The molecule has 0 radical (unpaired) electrons. The van der Waals surface area contributed by atoms with E-state index in [4.69, 9.17) is 9.47 Å². The molecule has 0 aromatic heterocycles. The third-order valence-corrected chi connectivity index (χ3v) is 3.19. The minimum Gasteiger partial charge on any atom is -0.496 e. The molecule has 0 aliphatic rings. The van der Waals surface area contributed by atoms with Crippen LogP contribution in [0.5, 0.6) is 5.75 Å². The molecule has 0 fully saturated rings. The molecule has 0 bridgehead atoms. The summed E-state index contributed by atoms with van der Waals surface area (Å²) in [6.45, 7) is 3.34. The van der Waals surface area contributed by atoms with E-state index in [2.05, 4.69) is 10.1 Å². The summed E-state index contributed by atoms with van der Waals surface area (Å²) in [6.07, 6.45) is 0.429. The zero-order chi connectivity index (χ0) is 18.1. The Balaban J connectivity index is 2.61. The lowest BCUT2D eigenvalue weighted by Crippen LogP contribution is -2.44. The van der Waals surface area contributed by atoms with Crippen molar-refractivity contribution in [3.05, 3.63) is 29.8 Å². The maximum atomic E-state index is 12.0. The van der Waals surface area contributed by atoms with Crippen LogP contribution in [0.1, 0.15) is 30.6 Å². The number of ether oxygens (including phenoxy) is 3. The number of esters is 2. The summed E-state index contributed by atoms with van der Waals surface area (Å²) in [5, 5.41) is 2.51. The molecule has 7 nitrogen and oxygen atoms in total. The van der Waals surface area contributed by atoms with Crippen molar-refractivity contribution in [2.24, 2.45) is 5.92 Å². The van der Waals surface area contributed by atoms with Gasteiger partial charge in [-0.1, -0.05) is 26.0 Å². The summed E-state index contributed by atoms with van der Waals surface area (Å²) >= 11 is 0. The first-order valence-electron chi connectivity index (χ1n) is 7.56. The van der Waals surface area contributed by atoms with Crippen molar-refractivity contribution in [2.75, 3.05) is 20.8 Å². The molecule has 132 valence electrons. The summed E-state index contributed by atoms with van der Waals surface area (Å²) in [5.74, 6) is -1.25. The number of rotatable bonds is 8. The number of hydrogen-bond donors (Lipinski definition) is 1. The molecule has 0 aliphatic carbocycles. The second kappa shape index (κ2) is 9.54. The number of nitrogens with one attached hydrogen (secondary N) is 1. The molecule has 0 saturated carbocycles. The van der Waals surface area contributed by atoms with Crippen LogP contribution >= 0.6 is 0 Å². The Kier molecular flexibility index (Phi) is 7.74. The molecule has 1 rings (SSSR count). The minimum atomic E-state index is -0.771. The van der Waals surface area contributed by atoms with Crippen molar-refractivity contribution in [3.63, 3.8) is 0 Å². The van der Waals surface area contributed by atoms with E-state index in [0.29, 0.717) is 12.2 Å². The molecular weight excluding hydrogens is 314 g/mol. The molecule has 1 N–H and O–H groups in total. The quantitative estimate of drug-likeness (QED) is 0.724. The van der Waals surface area contributed by atoms with Crippen LogP contribution in [0.2, 0.25) is 0 Å². The average molecular weight is 337 g/mol. The standard InChI is InChI=1S/C17H23NO6/c1-11(2)9-13(17(21)23-4)18-15(19)10-24-16(20)12-7-5-6-8-14(12)22-3/h5-8,11,13H,9-10H2,1-4H3,(H,18,19)/t13-/m1/s1. The van der Waals surface area contributed by atoms with E-state index in [0.717, 1.165) is 0 Å². The SMILES string of the molecule is COC(=O)[C@@H](CC(C)C)NC(=O)COC(=O)c1ccccc1OC. The van der Waals surface area contributed by atoms with Gasteiger partial charge in [-0.3, -0.25) is 4.79 Å². The highest BCUT2D eigenvalue weighted by molar-refractivity contribution is 5.94. The number of methoxy groups -OCH3 is 2. The minimum absolute atomic E-state index is 0.186. The third-order valence-electron chi connectivity index (χ3n) is 3.19. The Morgan fingerprint density at radius 3 is 2.38 bits per heavy atom. The van der Waals surface area contributed by atoms with Gasteiger partial charge in [0.15, 0.2) is 6.61 Å². The third kappa shape index (κ3) is 5.91. The lowest BCUT2D eigenvalue weighted by molar-refractivity contribution is -0.145. The van der Waals surface area contributed by atoms with E-state index in [1.807, 2.05) is 13.8 Å². The molecule has 24 heavy (non-hydrogen) atoms. The predicted molar refractivity (Wildman–Crippen MR) is 86.7 cm³/mol. The number of carbonyl (C=O) groups excluding carboxylic acids is 3. The molecular formula is C17H23NO6. The fraction of sp³-hybridized carbons (Fsp3) is 0.471. The molecule has 1 amide bonds. The number of amides is 1. The van der Waals surface area contributed by atoms with Gasteiger partial charge in [0.25, 0.3) is 5.91 Å². The van der Waals surface area contributed by atoms with Crippen LogP contribution in [0.3, 0.4) is 0 Å². The van der Waals surface area contributed by atoms with Crippen molar-refractivity contribution in [1.29, 1.82) is 0 Å². The molecule has 0 unspecified atom stereocenters. The van der Waals surface area contributed by atoms with Gasteiger partial charge >= 0.3 is 11.9 Å². The fourth-order valence-corrected chi connectivity index (χ4v) is 2.09. The van der Waals surface area contributed by atoms with Gasteiger partial charge in [0.2, 0.25) is 0 Å². The van der Waals surface area contributed by atoms with Crippen molar-refractivity contribution in [3.8, 4) is 5.75 Å². The number of carbonyl (C=O) groups is 3. The highest BCUT2D eigenvalue weighted by Gasteiger charge is 2.23. The molecule has 7 heteroatoms. The van der Waals surface area contributed by atoms with E-state index < -0.39 is 30.5 Å². The van der Waals surface area contributed by atoms with Crippen LogP contribution in [0.25, 0.3) is 0 Å². The maximum Gasteiger partial charge on any atom is 0.342 e. The van der Waals surface area contributed by atoms with Crippen molar-refractivity contribution in [1.82, 2.24) is 5.32 Å². The molecule has 1 aromatic rings. The first-order chi connectivity index (χ1) is 11.4. The van der Waals surface area contributed by atoms with Crippen molar-refractivity contribution >= 4 is 17.8 Å². The normalized spacial score (nSPS) is 11.5. The van der Waals surface area contributed by atoms with Crippen LogP contribution in [-0.2, 0) is 19.1 Å². The monoisotopic (exact) mass is 337 g/mol. The van der Waals surface area contributed by atoms with E-state index in [9.17, 15) is 14.4 Å². The molecule has 0 spiro atoms. The van der Waals surface area contributed by atoms with Gasteiger partial charge in [0.1, 0.15) is 17.4 Å². The Bertz CT molecular complexity index is 584. The first kappa shape index (κ1) is 19.5. The van der Waals surface area contributed by atoms with E-state index in [1.54, 1.807) is 18.2 Å². The van der Waals surface area contributed by atoms with Crippen LogP contribution < -0.4 is 10.1 Å². The molecule has 0 heterocycles. The summed E-state index contributed by atoms with van der Waals surface area (Å²) in [5.41, 5.74) is 0.222. The largest absolute Gasteiger partial charge is 0.496 e. The van der Waals surface area contributed by atoms with Crippen molar-refractivity contribution in [2.45, 2.75) is 26.3 Å². The summed E-state index contributed by atoms with van der Waals surface area (Å²) in [4.78, 5) is 35.6. The van der Waals surface area contributed by atoms with E-state index in [-0.39, 0.29) is 11.5 Å². The highest BCUT2D eigenvalue weighted by Crippen LogP contribution is 2.18. The summed E-state index contributed by atoms with van der Waals surface area (Å²) < 4.78 is 14.7. The van der Waals surface area contributed by atoms with Crippen LogP contribution in [0.15, 0.2) is 24.3 Å². The number of para-hydroxylation sites is 1. The molecule has 0 saturated heterocycles. The zero-order valence-electron chi connectivity index (χ0n) is 14.3. The molecule has 0 aliphatic heterocycles. The second-order valence-corrected chi connectivity index (χ2v) is 5.55. The van der Waals surface area contributed by atoms with E-state index in [1.165, 1.54) is 20.3 Å². The van der Waals surface area contributed by atoms with Gasteiger partial charge in [-0.25, -0.2) is 9.59 Å². The zero-order valence-corrected chi connectivity index (χ0v) is 14.3. The summed E-state index contributed by atoms with van der Waals surface area (Å²) in [7, 11) is 2.69. The maximum absolute atomic E-state index is 12.0. The Hall–Kier alpha value is -2.57. The van der Waals surface area contributed by atoms with Gasteiger partial charge in [-0.15, -0.1) is 0 Å². The molecule has 1 atom stereocenters. The Labute approximate surface area is 141 Å². The lowest BCUT2D eigenvalue weighted by Gasteiger charge is -2.18. The first-order valence-corrected chi connectivity index (χ1v) is 7.56. The molecule has 1 aromatic carbocycles. The number of benzene rings is 1. The van der Waals surface area contributed by atoms with E-state index >= 15 is 0 Å². The van der Waals surface area contributed by atoms with Gasteiger partial charge < -0.3 is 19.5 Å². The average Bonchev–Trinajstić information content (AvgIpc) is 2.57.